The van der Waals surface area contributed by atoms with Gasteiger partial charge >= 0.3 is 0 Å². The lowest BCUT2D eigenvalue weighted by Crippen LogP contribution is -2.20. The first-order valence-corrected chi connectivity index (χ1v) is 7.74. The molecule has 3 aromatic rings. The first kappa shape index (κ1) is 14.1. The Hall–Kier alpha value is -1.88. The van der Waals surface area contributed by atoms with Crippen molar-refractivity contribution in [1.82, 2.24) is 14.5 Å². The van der Waals surface area contributed by atoms with Crippen molar-refractivity contribution < 1.29 is 0 Å². The summed E-state index contributed by atoms with van der Waals surface area (Å²) in [4.78, 5) is 10.8. The zero-order valence-electron chi connectivity index (χ0n) is 11.9. The van der Waals surface area contributed by atoms with Crippen molar-refractivity contribution in [3.05, 3.63) is 53.7 Å². The molecule has 0 radical (unpaired) electrons. The number of hydrogen-bond acceptors (Lipinski definition) is 3. The minimum absolute atomic E-state index is 0.983. The highest BCUT2D eigenvalue weighted by Crippen LogP contribution is 2.27. The van der Waals surface area contributed by atoms with E-state index < -0.39 is 0 Å². The second-order valence-corrected chi connectivity index (χ2v) is 5.98. The molecule has 0 saturated heterocycles. The Morgan fingerprint density at radius 3 is 2.95 bits per heavy atom. The van der Waals surface area contributed by atoms with Crippen LogP contribution in [0.15, 0.2) is 53.7 Å². The average Bonchev–Trinajstić information content (AvgIpc) is 2.99. The van der Waals surface area contributed by atoms with E-state index in [4.69, 9.17) is 0 Å². The molecule has 0 aliphatic heterocycles. The zero-order valence-corrected chi connectivity index (χ0v) is 13.5. The fourth-order valence-corrected chi connectivity index (χ4v) is 2.83. The topological polar surface area (TPSA) is 34.0 Å². The third-order valence-electron chi connectivity index (χ3n) is 3.56. The van der Waals surface area contributed by atoms with Gasteiger partial charge in [-0.25, -0.2) is 4.98 Å². The third-order valence-corrected chi connectivity index (χ3v) is 4.05. The molecule has 0 saturated carbocycles. The van der Waals surface area contributed by atoms with E-state index in [-0.39, 0.29) is 0 Å². The van der Waals surface area contributed by atoms with Gasteiger partial charge in [0.1, 0.15) is 0 Å². The number of imidazole rings is 1. The SMILES string of the molecule is CN(CCCn1ccnc1)c1ccnc2ccc(Br)cc12. The number of pyridine rings is 1. The number of benzene rings is 1. The van der Waals surface area contributed by atoms with Gasteiger partial charge in [0.2, 0.25) is 0 Å². The van der Waals surface area contributed by atoms with E-state index in [1.54, 1.807) is 0 Å². The van der Waals surface area contributed by atoms with Crippen molar-refractivity contribution in [3.63, 3.8) is 0 Å². The van der Waals surface area contributed by atoms with Crippen molar-refractivity contribution in [1.29, 1.82) is 0 Å². The van der Waals surface area contributed by atoms with Crippen LogP contribution in [-0.4, -0.2) is 28.1 Å². The Balaban J connectivity index is 1.74. The Kier molecular flexibility index (Phi) is 4.20. The van der Waals surface area contributed by atoms with Crippen LogP contribution < -0.4 is 4.90 Å². The predicted molar refractivity (Wildman–Crippen MR) is 89.6 cm³/mol. The molecule has 0 unspecified atom stereocenters. The van der Waals surface area contributed by atoms with E-state index in [0.717, 1.165) is 29.5 Å². The molecule has 0 bridgehead atoms. The first-order valence-electron chi connectivity index (χ1n) is 6.95. The van der Waals surface area contributed by atoms with Crippen molar-refractivity contribution in [3.8, 4) is 0 Å². The lowest BCUT2D eigenvalue weighted by Gasteiger charge is -2.21. The van der Waals surface area contributed by atoms with Crippen LogP contribution >= 0.6 is 15.9 Å². The van der Waals surface area contributed by atoms with Gasteiger partial charge in [0.25, 0.3) is 0 Å². The largest absolute Gasteiger partial charge is 0.374 e. The maximum atomic E-state index is 4.43. The summed E-state index contributed by atoms with van der Waals surface area (Å²) in [6, 6.07) is 8.27. The number of hydrogen-bond donors (Lipinski definition) is 0. The van der Waals surface area contributed by atoms with E-state index in [1.807, 2.05) is 37.1 Å². The summed E-state index contributed by atoms with van der Waals surface area (Å²) in [6.45, 7) is 1.97. The number of anilines is 1. The van der Waals surface area contributed by atoms with Gasteiger partial charge in [-0.05, 0) is 30.7 Å². The molecule has 0 amide bonds. The first-order chi connectivity index (χ1) is 10.2. The van der Waals surface area contributed by atoms with Gasteiger partial charge in [0.05, 0.1) is 11.8 Å². The summed E-state index contributed by atoms with van der Waals surface area (Å²) in [5.74, 6) is 0. The number of aromatic nitrogens is 3. The predicted octanol–water partition coefficient (Wildman–Crippen LogP) is 3.72. The Labute approximate surface area is 132 Å². The summed E-state index contributed by atoms with van der Waals surface area (Å²) in [6.07, 6.45) is 8.62. The number of fused-ring (bicyclic) bond motifs is 1. The molecule has 4 nitrogen and oxygen atoms in total. The molecule has 108 valence electrons. The molecule has 0 atom stereocenters. The molecule has 0 fully saturated rings. The molecule has 0 aliphatic carbocycles. The van der Waals surface area contributed by atoms with Crippen LogP contribution in [0.4, 0.5) is 5.69 Å². The summed E-state index contributed by atoms with van der Waals surface area (Å²) in [5.41, 5.74) is 2.24. The van der Waals surface area contributed by atoms with Gasteiger partial charge in [-0.3, -0.25) is 4.98 Å². The summed E-state index contributed by atoms with van der Waals surface area (Å²) < 4.78 is 3.19. The highest BCUT2D eigenvalue weighted by Gasteiger charge is 2.07. The second kappa shape index (κ2) is 6.26. The highest BCUT2D eigenvalue weighted by molar-refractivity contribution is 9.10. The summed E-state index contributed by atoms with van der Waals surface area (Å²) in [7, 11) is 2.13. The second-order valence-electron chi connectivity index (χ2n) is 5.07. The van der Waals surface area contributed by atoms with Crippen LogP contribution in [0.3, 0.4) is 0 Å². The quantitative estimate of drug-likeness (QED) is 0.707. The molecule has 0 N–H and O–H groups in total. The monoisotopic (exact) mass is 344 g/mol. The van der Waals surface area contributed by atoms with Gasteiger partial charge in [-0.1, -0.05) is 15.9 Å². The normalized spacial score (nSPS) is 11.0. The molecule has 2 heterocycles. The molecule has 2 aromatic heterocycles. The molecule has 3 rings (SSSR count). The molecule has 0 spiro atoms. The number of halogens is 1. The Morgan fingerprint density at radius 2 is 2.14 bits per heavy atom. The van der Waals surface area contributed by atoms with E-state index in [9.17, 15) is 0 Å². The molecule has 5 heteroatoms. The van der Waals surface area contributed by atoms with Gasteiger partial charge in [-0.15, -0.1) is 0 Å². The zero-order chi connectivity index (χ0) is 14.7. The average molecular weight is 345 g/mol. The molecule has 1 aromatic carbocycles. The van der Waals surface area contributed by atoms with Gasteiger partial charge in [0.15, 0.2) is 0 Å². The van der Waals surface area contributed by atoms with Crippen LogP contribution in [0.5, 0.6) is 0 Å². The van der Waals surface area contributed by atoms with Crippen molar-refractivity contribution in [2.24, 2.45) is 0 Å². The molecular formula is C16H17BrN4. The van der Waals surface area contributed by atoms with Crippen molar-refractivity contribution in [2.45, 2.75) is 13.0 Å². The highest BCUT2D eigenvalue weighted by atomic mass is 79.9. The van der Waals surface area contributed by atoms with Crippen LogP contribution in [0, 0.1) is 0 Å². The van der Waals surface area contributed by atoms with Gasteiger partial charge in [-0.2, -0.15) is 0 Å². The van der Waals surface area contributed by atoms with E-state index >= 15 is 0 Å². The minimum atomic E-state index is 0.983. The molecule has 21 heavy (non-hydrogen) atoms. The lowest BCUT2D eigenvalue weighted by molar-refractivity contribution is 0.638. The maximum absolute atomic E-state index is 4.43. The lowest BCUT2D eigenvalue weighted by atomic mass is 10.1. The molecular weight excluding hydrogens is 328 g/mol. The number of rotatable bonds is 5. The van der Waals surface area contributed by atoms with Crippen LogP contribution in [0.1, 0.15) is 6.42 Å². The van der Waals surface area contributed by atoms with Crippen molar-refractivity contribution in [2.75, 3.05) is 18.5 Å². The van der Waals surface area contributed by atoms with E-state index in [2.05, 4.69) is 54.5 Å². The standard InChI is InChI=1S/C16H17BrN4/c1-20(8-2-9-21-10-7-18-12-21)16-5-6-19-15-4-3-13(17)11-14(15)16/h3-7,10-12H,2,8-9H2,1H3. The number of aryl methyl sites for hydroxylation is 1. The van der Waals surface area contributed by atoms with Crippen molar-refractivity contribution >= 4 is 32.5 Å². The van der Waals surface area contributed by atoms with Gasteiger partial charge in [0, 0.05) is 54.3 Å². The minimum Gasteiger partial charge on any atom is -0.374 e. The van der Waals surface area contributed by atoms with Crippen LogP contribution in [-0.2, 0) is 6.54 Å². The smallest absolute Gasteiger partial charge is 0.0945 e. The fraction of sp³-hybridized carbons (Fsp3) is 0.250. The van der Waals surface area contributed by atoms with Gasteiger partial charge < -0.3 is 9.47 Å². The maximum Gasteiger partial charge on any atom is 0.0945 e. The summed E-state index contributed by atoms with van der Waals surface area (Å²) in [5, 5.41) is 1.18. The van der Waals surface area contributed by atoms with E-state index in [1.165, 1.54) is 11.1 Å². The van der Waals surface area contributed by atoms with Crippen LogP contribution in [0.2, 0.25) is 0 Å². The summed E-state index contributed by atoms with van der Waals surface area (Å²) >= 11 is 3.54. The number of nitrogens with zero attached hydrogens (tertiary/aromatic N) is 4. The van der Waals surface area contributed by atoms with Crippen LogP contribution in [0.25, 0.3) is 10.9 Å². The Morgan fingerprint density at radius 1 is 1.24 bits per heavy atom. The third kappa shape index (κ3) is 3.24. The van der Waals surface area contributed by atoms with E-state index in [0.29, 0.717) is 0 Å². The Bertz CT molecular complexity index is 724. The molecule has 0 aliphatic rings. The fourth-order valence-electron chi connectivity index (χ4n) is 2.47.